The number of carbonyl (C=O) groups is 1. The lowest BCUT2D eigenvalue weighted by Gasteiger charge is -2.07. The van der Waals surface area contributed by atoms with Gasteiger partial charge in [-0.1, -0.05) is 35.3 Å². The minimum absolute atomic E-state index is 0.00523. The maximum Gasteiger partial charge on any atom is 0.308 e. The van der Waals surface area contributed by atoms with Crippen LogP contribution in [0.3, 0.4) is 0 Å². The summed E-state index contributed by atoms with van der Waals surface area (Å²) in [6.07, 6.45) is 0.445. The van der Waals surface area contributed by atoms with Gasteiger partial charge in [-0.3, -0.25) is 4.79 Å². The maximum atomic E-state index is 10.9. The topological polar surface area (TPSA) is 78.1 Å². The Balaban J connectivity index is 2.26. The highest BCUT2D eigenvalue weighted by atomic mass is 35.5. The van der Waals surface area contributed by atoms with E-state index < -0.39 is 5.97 Å². The number of halogens is 2. The third-order valence-electron chi connectivity index (χ3n) is 2.42. The number of rotatable bonds is 3. The van der Waals surface area contributed by atoms with E-state index in [4.69, 9.17) is 33.7 Å². The van der Waals surface area contributed by atoms with Crippen molar-refractivity contribution in [3.05, 3.63) is 46.0 Å². The number of benzene rings is 1. The monoisotopic (exact) mass is 311 g/mol. The molecule has 1 aromatic heterocycles. The van der Waals surface area contributed by atoms with E-state index in [9.17, 15) is 4.79 Å². The minimum Gasteiger partial charge on any atom is -0.420 e. The molecule has 0 atom stereocenters. The van der Waals surface area contributed by atoms with Gasteiger partial charge >= 0.3 is 5.97 Å². The van der Waals surface area contributed by atoms with Crippen molar-refractivity contribution in [1.82, 2.24) is 9.97 Å². The molecule has 2 N–H and O–H groups in total. The molecule has 20 heavy (non-hydrogen) atoms. The lowest BCUT2D eigenvalue weighted by atomic mass is 10.1. The van der Waals surface area contributed by atoms with Gasteiger partial charge in [-0.25, -0.2) is 9.97 Å². The largest absolute Gasteiger partial charge is 0.420 e. The summed E-state index contributed by atoms with van der Waals surface area (Å²) in [6, 6.07) is 7.29. The second-order valence-electron chi connectivity index (χ2n) is 4.06. The molecule has 0 saturated heterocycles. The van der Waals surface area contributed by atoms with Crippen molar-refractivity contribution in [3.63, 3.8) is 0 Å². The first-order chi connectivity index (χ1) is 9.45. The zero-order valence-corrected chi connectivity index (χ0v) is 12.1. The van der Waals surface area contributed by atoms with Crippen LogP contribution in [0.5, 0.6) is 5.75 Å². The van der Waals surface area contributed by atoms with Crippen LogP contribution in [0, 0.1) is 0 Å². The van der Waals surface area contributed by atoms with Gasteiger partial charge in [0.2, 0.25) is 5.75 Å². The zero-order valence-electron chi connectivity index (χ0n) is 10.6. The second-order valence-corrected chi connectivity index (χ2v) is 4.78. The van der Waals surface area contributed by atoms with E-state index in [1.54, 1.807) is 12.1 Å². The van der Waals surface area contributed by atoms with E-state index in [2.05, 4.69) is 9.97 Å². The molecule has 104 valence electrons. The van der Waals surface area contributed by atoms with Crippen molar-refractivity contribution in [2.24, 2.45) is 0 Å². The normalized spacial score (nSPS) is 10.3. The standard InChI is InChI=1S/C13H11Cl2N3O2/c1-7(19)20-11-12(14)17-10(18-13(11)15)6-8-2-4-9(16)5-3-8/h2-5H,6,16H2,1H3. The second kappa shape index (κ2) is 6.07. The molecule has 0 radical (unpaired) electrons. The Morgan fingerprint density at radius 2 is 1.75 bits per heavy atom. The predicted molar refractivity (Wildman–Crippen MR) is 77.0 cm³/mol. The summed E-state index contributed by atoms with van der Waals surface area (Å²) in [7, 11) is 0. The van der Waals surface area contributed by atoms with Crippen LogP contribution in [0.1, 0.15) is 18.3 Å². The number of esters is 1. The molecular formula is C13H11Cl2N3O2. The quantitative estimate of drug-likeness (QED) is 0.535. The fourth-order valence-corrected chi connectivity index (χ4v) is 2.06. The van der Waals surface area contributed by atoms with Crippen molar-refractivity contribution in [2.45, 2.75) is 13.3 Å². The average Bonchev–Trinajstić information content (AvgIpc) is 2.36. The molecule has 0 aliphatic carbocycles. The number of anilines is 1. The van der Waals surface area contributed by atoms with E-state index in [0.29, 0.717) is 17.9 Å². The van der Waals surface area contributed by atoms with Crippen LogP contribution in [0.15, 0.2) is 24.3 Å². The summed E-state index contributed by atoms with van der Waals surface area (Å²) in [6.45, 7) is 1.24. The summed E-state index contributed by atoms with van der Waals surface area (Å²) in [5.41, 5.74) is 7.25. The molecule has 2 aromatic rings. The van der Waals surface area contributed by atoms with Gasteiger partial charge in [-0.15, -0.1) is 0 Å². The van der Waals surface area contributed by atoms with Gasteiger partial charge in [-0.2, -0.15) is 0 Å². The molecule has 2 rings (SSSR count). The average molecular weight is 312 g/mol. The van der Waals surface area contributed by atoms with Gasteiger partial charge in [0.25, 0.3) is 0 Å². The number of nitrogens with two attached hydrogens (primary N) is 1. The van der Waals surface area contributed by atoms with Crippen LogP contribution < -0.4 is 10.5 Å². The number of nitrogen functional groups attached to an aromatic ring is 1. The summed E-state index contributed by atoms with van der Waals surface area (Å²) in [4.78, 5) is 19.1. The first-order valence-corrected chi connectivity index (χ1v) is 6.46. The molecule has 0 aliphatic heterocycles. The Kier molecular flexibility index (Phi) is 4.42. The zero-order chi connectivity index (χ0) is 14.7. The molecule has 0 unspecified atom stereocenters. The fraction of sp³-hybridized carbons (Fsp3) is 0.154. The molecular weight excluding hydrogens is 301 g/mol. The number of hydrogen-bond acceptors (Lipinski definition) is 5. The Bertz CT molecular complexity index is 622. The van der Waals surface area contributed by atoms with Gasteiger partial charge in [0.1, 0.15) is 5.82 Å². The van der Waals surface area contributed by atoms with Gasteiger partial charge < -0.3 is 10.5 Å². The van der Waals surface area contributed by atoms with Gasteiger partial charge in [0, 0.05) is 19.0 Å². The fourth-order valence-electron chi connectivity index (χ4n) is 1.56. The van der Waals surface area contributed by atoms with E-state index >= 15 is 0 Å². The Hall–Kier alpha value is -1.85. The van der Waals surface area contributed by atoms with Crippen molar-refractivity contribution >= 4 is 34.9 Å². The molecule has 1 heterocycles. The molecule has 0 bridgehead atoms. The summed E-state index contributed by atoms with van der Waals surface area (Å²) in [5, 5.41) is 0.0105. The third-order valence-corrected chi connectivity index (χ3v) is 2.93. The number of nitrogens with zero attached hydrogens (tertiary/aromatic N) is 2. The highest BCUT2D eigenvalue weighted by molar-refractivity contribution is 6.35. The highest BCUT2D eigenvalue weighted by Crippen LogP contribution is 2.30. The Morgan fingerprint density at radius 1 is 1.20 bits per heavy atom. The van der Waals surface area contributed by atoms with E-state index in [-0.39, 0.29) is 16.1 Å². The van der Waals surface area contributed by atoms with E-state index in [1.165, 1.54) is 6.92 Å². The van der Waals surface area contributed by atoms with E-state index in [1.807, 2.05) is 12.1 Å². The lowest BCUT2D eigenvalue weighted by molar-refractivity contribution is -0.131. The van der Waals surface area contributed by atoms with Crippen LogP contribution in [0.2, 0.25) is 10.3 Å². The van der Waals surface area contributed by atoms with Crippen molar-refractivity contribution < 1.29 is 9.53 Å². The molecule has 0 fully saturated rings. The molecule has 0 saturated carbocycles. The van der Waals surface area contributed by atoms with Gasteiger partial charge in [-0.05, 0) is 17.7 Å². The number of carbonyl (C=O) groups excluding carboxylic acids is 1. The number of aromatic nitrogens is 2. The third kappa shape index (κ3) is 3.59. The molecule has 5 nitrogen and oxygen atoms in total. The SMILES string of the molecule is CC(=O)Oc1c(Cl)nc(Cc2ccc(N)cc2)nc1Cl. The Morgan fingerprint density at radius 3 is 2.25 bits per heavy atom. The minimum atomic E-state index is -0.538. The summed E-state index contributed by atoms with van der Waals surface area (Å²) in [5.74, 6) is -0.133. The first kappa shape index (κ1) is 14.6. The highest BCUT2D eigenvalue weighted by Gasteiger charge is 2.15. The van der Waals surface area contributed by atoms with Crippen LogP contribution in [0.4, 0.5) is 5.69 Å². The van der Waals surface area contributed by atoms with E-state index in [0.717, 1.165) is 5.56 Å². The van der Waals surface area contributed by atoms with Crippen molar-refractivity contribution in [1.29, 1.82) is 0 Å². The molecule has 7 heteroatoms. The Labute approximate surface area is 125 Å². The maximum absolute atomic E-state index is 10.9. The molecule has 1 aromatic carbocycles. The van der Waals surface area contributed by atoms with Crippen LogP contribution in [-0.4, -0.2) is 15.9 Å². The number of hydrogen-bond donors (Lipinski definition) is 1. The molecule has 0 aliphatic rings. The molecule has 0 amide bonds. The molecule has 0 spiro atoms. The summed E-state index contributed by atoms with van der Waals surface area (Å²) >= 11 is 11.9. The van der Waals surface area contributed by atoms with Gasteiger partial charge in [0.05, 0.1) is 0 Å². The van der Waals surface area contributed by atoms with Crippen LogP contribution >= 0.6 is 23.2 Å². The number of ether oxygens (including phenoxy) is 1. The predicted octanol–water partition coefficient (Wildman–Crippen LogP) is 2.88. The van der Waals surface area contributed by atoms with Crippen LogP contribution in [0.25, 0.3) is 0 Å². The smallest absolute Gasteiger partial charge is 0.308 e. The van der Waals surface area contributed by atoms with Crippen LogP contribution in [-0.2, 0) is 11.2 Å². The first-order valence-electron chi connectivity index (χ1n) is 5.70. The van der Waals surface area contributed by atoms with Crippen molar-refractivity contribution in [3.8, 4) is 5.75 Å². The van der Waals surface area contributed by atoms with Crippen molar-refractivity contribution in [2.75, 3.05) is 5.73 Å². The summed E-state index contributed by atoms with van der Waals surface area (Å²) < 4.78 is 4.85. The lowest BCUT2D eigenvalue weighted by Crippen LogP contribution is -2.06. The van der Waals surface area contributed by atoms with Gasteiger partial charge in [0.15, 0.2) is 10.3 Å².